The van der Waals surface area contributed by atoms with Gasteiger partial charge in [-0.2, -0.15) is 0 Å². The third-order valence-electron chi connectivity index (χ3n) is 7.31. The molecule has 7 nitrogen and oxygen atoms in total. The third kappa shape index (κ3) is 6.45. The Hall–Kier alpha value is -3.16. The summed E-state index contributed by atoms with van der Waals surface area (Å²) in [6, 6.07) is 14.5. The highest BCUT2D eigenvalue weighted by atomic mass is 16.5. The van der Waals surface area contributed by atoms with E-state index in [0.717, 1.165) is 44.5 Å². The molecule has 2 heterocycles. The lowest BCUT2D eigenvalue weighted by Gasteiger charge is -2.29. The van der Waals surface area contributed by atoms with Gasteiger partial charge in [0.25, 0.3) is 11.7 Å². The van der Waals surface area contributed by atoms with Crippen LogP contribution in [0.25, 0.3) is 5.76 Å². The maximum atomic E-state index is 13.4. The number of ketones is 1. The van der Waals surface area contributed by atoms with Gasteiger partial charge in [-0.15, -0.1) is 0 Å². The number of hydrogen-bond acceptors (Lipinski definition) is 6. The number of rotatable bonds is 11. The van der Waals surface area contributed by atoms with Gasteiger partial charge in [-0.05, 0) is 42.0 Å². The molecule has 0 saturated carbocycles. The molecule has 1 N–H and O–H groups in total. The molecule has 4 rings (SSSR count). The number of morpholine rings is 1. The molecule has 0 radical (unpaired) electrons. The van der Waals surface area contributed by atoms with Gasteiger partial charge in [0.1, 0.15) is 11.5 Å². The van der Waals surface area contributed by atoms with Crippen molar-refractivity contribution in [1.82, 2.24) is 9.80 Å². The number of carbonyl (C=O) groups is 2. The van der Waals surface area contributed by atoms with Gasteiger partial charge >= 0.3 is 0 Å². The van der Waals surface area contributed by atoms with Crippen molar-refractivity contribution in [3.63, 3.8) is 0 Å². The van der Waals surface area contributed by atoms with Crippen LogP contribution in [0.5, 0.6) is 5.75 Å². The monoisotopic (exact) mass is 520 g/mol. The predicted octanol–water partition coefficient (Wildman–Crippen LogP) is 5.13. The SMILES string of the molecule is CCCCOc1cccc(C(O)=C2C(=O)C(=O)N(CCCN3CCOCC3)C2c2ccc(C(C)C)cc2)c1. The molecular formula is C31H40N2O5. The minimum atomic E-state index is -0.649. The van der Waals surface area contributed by atoms with Crippen molar-refractivity contribution in [3.05, 3.63) is 70.8 Å². The predicted molar refractivity (Wildman–Crippen MR) is 148 cm³/mol. The Morgan fingerprint density at radius 3 is 2.47 bits per heavy atom. The normalized spacial score (nSPS) is 19.9. The van der Waals surface area contributed by atoms with Crippen LogP contribution in [0, 0.1) is 0 Å². The average molecular weight is 521 g/mol. The van der Waals surface area contributed by atoms with E-state index in [1.807, 2.05) is 30.3 Å². The fourth-order valence-electron chi connectivity index (χ4n) is 5.03. The zero-order valence-corrected chi connectivity index (χ0v) is 22.8. The number of nitrogens with zero attached hydrogens (tertiary/aromatic N) is 2. The maximum absolute atomic E-state index is 13.4. The molecular weight excluding hydrogens is 480 g/mol. The molecule has 2 aromatic carbocycles. The van der Waals surface area contributed by atoms with E-state index in [1.165, 1.54) is 5.56 Å². The number of carbonyl (C=O) groups excluding carboxylic acids is 2. The Kier molecular flexibility index (Phi) is 9.58. The highest BCUT2D eigenvalue weighted by Crippen LogP contribution is 2.40. The highest BCUT2D eigenvalue weighted by Gasteiger charge is 2.45. The second kappa shape index (κ2) is 13.1. The van der Waals surface area contributed by atoms with E-state index in [4.69, 9.17) is 9.47 Å². The number of aliphatic hydroxyl groups is 1. The zero-order chi connectivity index (χ0) is 27.1. The molecule has 2 aliphatic heterocycles. The third-order valence-corrected chi connectivity index (χ3v) is 7.31. The molecule has 2 aliphatic rings. The fraction of sp³-hybridized carbons (Fsp3) is 0.484. The van der Waals surface area contributed by atoms with Crippen LogP contribution in [0.15, 0.2) is 54.1 Å². The standard InChI is InChI=1S/C31H40N2O5/c1-4-5-18-38-26-9-6-8-25(21-26)29(34)27-28(24-12-10-23(11-13-24)22(2)3)33(31(36)30(27)35)15-7-14-32-16-19-37-20-17-32/h6,8-13,21-22,28,34H,4-5,7,14-20H2,1-3H3. The molecule has 1 atom stereocenters. The van der Waals surface area contributed by atoms with E-state index in [0.29, 0.717) is 43.6 Å². The Labute approximate surface area is 226 Å². The van der Waals surface area contributed by atoms with Crippen LogP contribution in [0.1, 0.15) is 68.7 Å². The van der Waals surface area contributed by atoms with Crippen molar-refractivity contribution in [3.8, 4) is 5.75 Å². The largest absolute Gasteiger partial charge is 0.507 e. The van der Waals surface area contributed by atoms with E-state index in [9.17, 15) is 14.7 Å². The van der Waals surface area contributed by atoms with Crippen molar-refractivity contribution in [2.75, 3.05) is 46.0 Å². The fourth-order valence-corrected chi connectivity index (χ4v) is 5.03. The molecule has 2 fully saturated rings. The van der Waals surface area contributed by atoms with Crippen LogP contribution in [-0.4, -0.2) is 72.6 Å². The van der Waals surface area contributed by atoms with E-state index in [1.54, 1.807) is 23.1 Å². The molecule has 1 amide bonds. The van der Waals surface area contributed by atoms with Crippen molar-refractivity contribution in [1.29, 1.82) is 0 Å². The summed E-state index contributed by atoms with van der Waals surface area (Å²) in [6.45, 7) is 11.4. The summed E-state index contributed by atoms with van der Waals surface area (Å²) in [5.74, 6) is -0.400. The first kappa shape index (κ1) is 27.9. The Morgan fingerprint density at radius 2 is 1.79 bits per heavy atom. The number of benzene rings is 2. The smallest absolute Gasteiger partial charge is 0.295 e. The minimum absolute atomic E-state index is 0.129. The van der Waals surface area contributed by atoms with Gasteiger partial charge in [-0.25, -0.2) is 0 Å². The van der Waals surface area contributed by atoms with Gasteiger partial charge in [-0.1, -0.05) is 63.6 Å². The summed E-state index contributed by atoms with van der Waals surface area (Å²) in [5, 5.41) is 11.4. The van der Waals surface area contributed by atoms with Crippen molar-refractivity contribution in [2.24, 2.45) is 0 Å². The molecule has 0 aromatic heterocycles. The van der Waals surface area contributed by atoms with Crippen LogP contribution >= 0.6 is 0 Å². The van der Waals surface area contributed by atoms with Gasteiger partial charge in [0.05, 0.1) is 31.4 Å². The summed E-state index contributed by atoms with van der Waals surface area (Å²) in [5.41, 5.74) is 2.59. The van der Waals surface area contributed by atoms with Gasteiger partial charge in [0.15, 0.2) is 0 Å². The first-order valence-corrected chi connectivity index (χ1v) is 13.8. The number of ether oxygens (including phenoxy) is 2. The summed E-state index contributed by atoms with van der Waals surface area (Å²) in [4.78, 5) is 30.6. The van der Waals surface area contributed by atoms with Crippen LogP contribution < -0.4 is 4.74 Å². The number of Topliss-reactive ketones (excluding diaryl/α,β-unsaturated/α-hetero) is 1. The second-order valence-corrected chi connectivity index (χ2v) is 10.4. The Balaban J connectivity index is 1.66. The molecule has 204 valence electrons. The highest BCUT2D eigenvalue weighted by molar-refractivity contribution is 6.46. The molecule has 38 heavy (non-hydrogen) atoms. The maximum Gasteiger partial charge on any atom is 0.295 e. The molecule has 1 unspecified atom stereocenters. The van der Waals surface area contributed by atoms with E-state index < -0.39 is 17.7 Å². The lowest BCUT2D eigenvalue weighted by atomic mass is 9.93. The Bertz CT molecular complexity index is 1140. The van der Waals surface area contributed by atoms with Crippen LogP contribution in [0.2, 0.25) is 0 Å². The summed E-state index contributed by atoms with van der Waals surface area (Å²) >= 11 is 0. The van der Waals surface area contributed by atoms with E-state index in [-0.39, 0.29) is 11.3 Å². The first-order chi connectivity index (χ1) is 18.4. The summed E-state index contributed by atoms with van der Waals surface area (Å²) < 4.78 is 11.3. The number of hydrogen-bond donors (Lipinski definition) is 1. The number of amides is 1. The molecule has 2 aromatic rings. The quantitative estimate of drug-likeness (QED) is 0.191. The molecule has 0 bridgehead atoms. The van der Waals surface area contributed by atoms with Crippen LogP contribution in [0.4, 0.5) is 0 Å². The molecule has 0 spiro atoms. The van der Waals surface area contributed by atoms with Gasteiger partial charge < -0.3 is 19.5 Å². The van der Waals surface area contributed by atoms with Gasteiger partial charge in [-0.3, -0.25) is 14.5 Å². The minimum Gasteiger partial charge on any atom is -0.507 e. The van der Waals surface area contributed by atoms with Crippen LogP contribution in [0.3, 0.4) is 0 Å². The zero-order valence-electron chi connectivity index (χ0n) is 22.8. The topological polar surface area (TPSA) is 79.3 Å². The average Bonchev–Trinajstić information content (AvgIpc) is 3.18. The number of unbranched alkanes of at least 4 members (excludes halogenated alkanes) is 1. The van der Waals surface area contributed by atoms with Gasteiger partial charge in [0, 0.05) is 31.7 Å². The molecule has 0 aliphatic carbocycles. The summed E-state index contributed by atoms with van der Waals surface area (Å²) in [7, 11) is 0. The lowest BCUT2D eigenvalue weighted by Crippen LogP contribution is -2.38. The van der Waals surface area contributed by atoms with E-state index in [2.05, 4.69) is 25.7 Å². The summed E-state index contributed by atoms with van der Waals surface area (Å²) in [6.07, 6.45) is 2.68. The number of aliphatic hydroxyl groups excluding tert-OH is 1. The lowest BCUT2D eigenvalue weighted by molar-refractivity contribution is -0.140. The second-order valence-electron chi connectivity index (χ2n) is 10.4. The first-order valence-electron chi connectivity index (χ1n) is 13.8. The van der Waals surface area contributed by atoms with E-state index >= 15 is 0 Å². The van der Waals surface area contributed by atoms with Gasteiger partial charge in [0.2, 0.25) is 0 Å². The number of likely N-dealkylation sites (tertiary alicyclic amines) is 1. The van der Waals surface area contributed by atoms with Crippen LogP contribution in [-0.2, 0) is 14.3 Å². The van der Waals surface area contributed by atoms with Crippen molar-refractivity contribution < 1.29 is 24.2 Å². The molecule has 7 heteroatoms. The van der Waals surface area contributed by atoms with Crippen molar-refractivity contribution >= 4 is 17.4 Å². The molecule has 2 saturated heterocycles. The Morgan fingerprint density at radius 1 is 1.05 bits per heavy atom. The van der Waals surface area contributed by atoms with Crippen molar-refractivity contribution in [2.45, 2.75) is 52.0 Å².